The van der Waals surface area contributed by atoms with E-state index in [2.05, 4.69) is 55.1 Å². The van der Waals surface area contributed by atoms with Gasteiger partial charge in [0.15, 0.2) is 5.65 Å². The van der Waals surface area contributed by atoms with Crippen LogP contribution in [0.3, 0.4) is 0 Å². The Morgan fingerprint density at radius 2 is 1.92 bits per heavy atom. The fourth-order valence-electron chi connectivity index (χ4n) is 1.38. The maximum absolute atomic E-state index is 4.28. The number of nitrogens with zero attached hydrogens (tertiary/aromatic N) is 2. The summed E-state index contributed by atoms with van der Waals surface area (Å²) in [5.74, 6) is 0. The van der Waals surface area contributed by atoms with Crippen molar-refractivity contribution < 1.29 is 0 Å². The molecule has 4 heteroatoms. The molecule has 0 spiro atoms. The molecule has 0 saturated heterocycles. The summed E-state index contributed by atoms with van der Waals surface area (Å²) in [7, 11) is 0. The highest BCUT2D eigenvalue weighted by Crippen LogP contribution is 2.30. The Labute approximate surface area is 93.2 Å². The van der Waals surface area contributed by atoms with Crippen molar-refractivity contribution in [3.63, 3.8) is 0 Å². The van der Waals surface area contributed by atoms with Crippen molar-refractivity contribution in [2.24, 2.45) is 0 Å². The minimum Gasteiger partial charge on any atom is -0.302 e. The molecule has 0 saturated carbocycles. The van der Waals surface area contributed by atoms with Gasteiger partial charge in [-0.2, -0.15) is 0 Å². The minimum absolute atomic E-state index is 0.971. The number of hydrogen-bond acceptors (Lipinski definition) is 1. The van der Waals surface area contributed by atoms with E-state index in [0.29, 0.717) is 0 Å². The summed E-state index contributed by atoms with van der Waals surface area (Å²) in [6.45, 7) is 4.13. The van der Waals surface area contributed by atoms with E-state index in [1.54, 1.807) is 6.20 Å². The summed E-state index contributed by atoms with van der Waals surface area (Å²) in [5, 5.41) is 0. The first-order chi connectivity index (χ1) is 6.13. The first kappa shape index (κ1) is 9.21. The van der Waals surface area contributed by atoms with E-state index in [4.69, 9.17) is 0 Å². The number of aromatic nitrogens is 2. The Morgan fingerprint density at radius 1 is 1.23 bits per heavy atom. The summed E-state index contributed by atoms with van der Waals surface area (Å²) < 4.78 is 4.24. The van der Waals surface area contributed by atoms with Gasteiger partial charge in [0.1, 0.15) is 0 Å². The molecule has 0 aliphatic rings. The van der Waals surface area contributed by atoms with Gasteiger partial charge in [0.25, 0.3) is 0 Å². The van der Waals surface area contributed by atoms with Crippen LogP contribution in [0, 0.1) is 13.8 Å². The van der Waals surface area contributed by atoms with Crippen LogP contribution >= 0.6 is 31.9 Å². The molecule has 0 aliphatic heterocycles. The molecule has 2 rings (SSSR count). The van der Waals surface area contributed by atoms with Crippen LogP contribution in [0.15, 0.2) is 21.3 Å². The van der Waals surface area contributed by atoms with Crippen molar-refractivity contribution in [2.45, 2.75) is 13.8 Å². The lowest BCUT2D eigenvalue weighted by Crippen LogP contribution is -1.95. The van der Waals surface area contributed by atoms with Gasteiger partial charge in [-0.25, -0.2) is 4.98 Å². The van der Waals surface area contributed by atoms with E-state index in [-0.39, 0.29) is 0 Å². The lowest BCUT2D eigenvalue weighted by atomic mass is 10.2. The Kier molecular flexibility index (Phi) is 2.20. The molecule has 0 aliphatic carbocycles. The molecule has 68 valence electrons. The average molecular weight is 304 g/mol. The molecule has 0 fully saturated rings. The normalized spacial score (nSPS) is 11.1. The van der Waals surface area contributed by atoms with Gasteiger partial charge in [0.2, 0.25) is 0 Å². The van der Waals surface area contributed by atoms with Gasteiger partial charge in [0, 0.05) is 22.6 Å². The third kappa shape index (κ3) is 1.23. The van der Waals surface area contributed by atoms with Crippen LogP contribution in [0.1, 0.15) is 11.3 Å². The number of imidazole rings is 1. The SMILES string of the molecule is Cc1c(Br)c(C)n2ccnc2c1Br. The molecule has 2 aromatic rings. The van der Waals surface area contributed by atoms with Crippen LogP contribution in [-0.4, -0.2) is 9.38 Å². The van der Waals surface area contributed by atoms with Gasteiger partial charge in [-0.15, -0.1) is 0 Å². The number of fused-ring (bicyclic) bond motifs is 1. The monoisotopic (exact) mass is 302 g/mol. The minimum atomic E-state index is 0.971. The summed E-state index contributed by atoms with van der Waals surface area (Å²) in [5.41, 5.74) is 3.34. The maximum Gasteiger partial charge on any atom is 0.151 e. The molecule has 0 radical (unpaired) electrons. The Balaban J connectivity index is 3.02. The van der Waals surface area contributed by atoms with E-state index in [9.17, 15) is 0 Å². The zero-order valence-corrected chi connectivity index (χ0v) is 10.5. The maximum atomic E-state index is 4.28. The van der Waals surface area contributed by atoms with E-state index >= 15 is 0 Å². The van der Waals surface area contributed by atoms with E-state index in [0.717, 1.165) is 14.6 Å². The molecule has 0 amide bonds. The number of hydrogen-bond donors (Lipinski definition) is 0. The summed E-state index contributed by atoms with van der Waals surface area (Å²) in [6.07, 6.45) is 3.76. The highest BCUT2D eigenvalue weighted by Gasteiger charge is 2.10. The Hall–Kier alpha value is -0.350. The van der Waals surface area contributed by atoms with Crippen molar-refractivity contribution >= 4 is 37.5 Å². The molecule has 0 unspecified atom stereocenters. The summed E-state index contributed by atoms with van der Waals surface area (Å²) in [6, 6.07) is 0. The highest BCUT2D eigenvalue weighted by molar-refractivity contribution is 9.11. The molecule has 2 nitrogen and oxygen atoms in total. The first-order valence-electron chi connectivity index (χ1n) is 3.90. The second kappa shape index (κ2) is 3.10. The van der Waals surface area contributed by atoms with E-state index in [1.807, 2.05) is 6.20 Å². The van der Waals surface area contributed by atoms with Crippen molar-refractivity contribution in [1.29, 1.82) is 0 Å². The number of rotatable bonds is 0. The molecule has 2 aromatic heterocycles. The number of pyridine rings is 1. The van der Waals surface area contributed by atoms with Gasteiger partial charge in [-0.1, -0.05) is 0 Å². The largest absolute Gasteiger partial charge is 0.302 e. The van der Waals surface area contributed by atoms with Crippen molar-refractivity contribution in [1.82, 2.24) is 9.38 Å². The van der Waals surface area contributed by atoms with Gasteiger partial charge < -0.3 is 4.40 Å². The van der Waals surface area contributed by atoms with Crippen LogP contribution in [0.4, 0.5) is 0 Å². The third-order valence-electron chi connectivity index (χ3n) is 2.17. The van der Waals surface area contributed by atoms with E-state index in [1.165, 1.54) is 11.3 Å². The predicted octanol–water partition coefficient (Wildman–Crippen LogP) is 3.48. The highest BCUT2D eigenvalue weighted by atomic mass is 79.9. The Morgan fingerprint density at radius 3 is 2.62 bits per heavy atom. The number of aryl methyl sites for hydroxylation is 1. The molecule has 2 heterocycles. The molecular formula is C9H8Br2N2. The van der Waals surface area contributed by atoms with Crippen LogP contribution in [0.2, 0.25) is 0 Å². The van der Waals surface area contributed by atoms with Crippen LogP contribution in [-0.2, 0) is 0 Å². The smallest absolute Gasteiger partial charge is 0.151 e. The van der Waals surface area contributed by atoms with Gasteiger partial charge in [-0.05, 0) is 51.3 Å². The lowest BCUT2D eigenvalue weighted by Gasteiger charge is -2.08. The van der Waals surface area contributed by atoms with Crippen molar-refractivity contribution in [3.05, 3.63) is 32.6 Å². The lowest BCUT2D eigenvalue weighted by molar-refractivity contribution is 1.06. The fourth-order valence-corrected chi connectivity index (χ4v) is 2.52. The molecule has 0 atom stereocenters. The van der Waals surface area contributed by atoms with Gasteiger partial charge in [-0.3, -0.25) is 0 Å². The zero-order valence-electron chi connectivity index (χ0n) is 7.31. The molecular weight excluding hydrogens is 296 g/mol. The van der Waals surface area contributed by atoms with E-state index < -0.39 is 0 Å². The fraction of sp³-hybridized carbons (Fsp3) is 0.222. The van der Waals surface area contributed by atoms with Crippen molar-refractivity contribution in [3.8, 4) is 0 Å². The van der Waals surface area contributed by atoms with Crippen LogP contribution in [0.25, 0.3) is 5.65 Å². The zero-order chi connectivity index (χ0) is 9.59. The molecule has 13 heavy (non-hydrogen) atoms. The summed E-state index contributed by atoms with van der Waals surface area (Å²) in [4.78, 5) is 4.28. The van der Waals surface area contributed by atoms with Gasteiger partial charge in [0.05, 0.1) is 4.47 Å². The first-order valence-corrected chi connectivity index (χ1v) is 5.48. The third-order valence-corrected chi connectivity index (χ3v) is 4.29. The van der Waals surface area contributed by atoms with Crippen molar-refractivity contribution in [2.75, 3.05) is 0 Å². The topological polar surface area (TPSA) is 17.3 Å². The predicted molar refractivity (Wildman–Crippen MR) is 60.1 cm³/mol. The Bertz CT molecular complexity index is 432. The summed E-state index contributed by atoms with van der Waals surface area (Å²) >= 11 is 7.09. The second-order valence-corrected chi connectivity index (χ2v) is 4.55. The average Bonchev–Trinajstić information content (AvgIpc) is 2.59. The van der Waals surface area contributed by atoms with Crippen LogP contribution < -0.4 is 0 Å². The molecule has 0 N–H and O–H groups in total. The van der Waals surface area contributed by atoms with Crippen LogP contribution in [0.5, 0.6) is 0 Å². The quantitative estimate of drug-likeness (QED) is 0.728. The number of halogens is 2. The molecule has 0 aromatic carbocycles. The molecule has 0 bridgehead atoms. The van der Waals surface area contributed by atoms with Gasteiger partial charge >= 0.3 is 0 Å². The second-order valence-electron chi connectivity index (χ2n) is 2.96. The standard InChI is InChI=1S/C9H8Br2N2/c1-5-7(10)6(2)13-4-3-12-9(13)8(5)11/h3-4H,1-2H3.